The van der Waals surface area contributed by atoms with Crippen LogP contribution in [0.1, 0.15) is 31.7 Å². The first-order chi connectivity index (χ1) is 12.7. The molecule has 1 aliphatic heterocycles. The van der Waals surface area contributed by atoms with E-state index in [0.717, 1.165) is 44.0 Å². The van der Waals surface area contributed by atoms with E-state index in [1.165, 1.54) is 11.3 Å². The third-order valence-corrected chi connectivity index (χ3v) is 4.96. The molecule has 0 saturated carbocycles. The molecule has 1 heterocycles. The van der Waals surface area contributed by atoms with Crippen molar-refractivity contribution in [3.8, 4) is 0 Å². The first kappa shape index (κ1) is 18.3. The second kappa shape index (κ2) is 8.72. The number of anilines is 3. The highest BCUT2D eigenvalue weighted by atomic mass is 16.2. The Hall–Kier alpha value is -2.53. The topological polar surface area (TPSA) is 56.4 Å². The zero-order valence-corrected chi connectivity index (χ0v) is 15.6. The molecular formula is C21H28N4O. The van der Waals surface area contributed by atoms with E-state index in [1.807, 2.05) is 24.3 Å². The summed E-state index contributed by atoms with van der Waals surface area (Å²) in [7, 11) is 0. The van der Waals surface area contributed by atoms with E-state index in [4.69, 9.17) is 0 Å². The van der Waals surface area contributed by atoms with E-state index < -0.39 is 0 Å². The fourth-order valence-electron chi connectivity index (χ4n) is 3.10. The number of hydrogen-bond acceptors (Lipinski definition) is 3. The van der Waals surface area contributed by atoms with Crippen molar-refractivity contribution in [1.29, 1.82) is 0 Å². The Morgan fingerprint density at radius 1 is 1.00 bits per heavy atom. The first-order valence-corrected chi connectivity index (χ1v) is 9.39. The van der Waals surface area contributed by atoms with Gasteiger partial charge in [-0.3, -0.25) is 0 Å². The van der Waals surface area contributed by atoms with Gasteiger partial charge >= 0.3 is 6.03 Å². The molecular weight excluding hydrogens is 324 g/mol. The number of nitrogens with zero attached hydrogens (tertiary/aromatic N) is 1. The molecule has 1 saturated heterocycles. The van der Waals surface area contributed by atoms with Crippen molar-refractivity contribution in [1.82, 2.24) is 5.32 Å². The third kappa shape index (κ3) is 4.76. The smallest absolute Gasteiger partial charge is 0.323 e. The second-order valence-electron chi connectivity index (χ2n) is 6.79. The standard InChI is InChI=1S/C21H28N4O/c1-3-16(2)17-4-6-18(7-5-17)23-21(26)24-19-8-10-20(11-9-19)25-14-12-22-13-15-25/h4-11,16,22H,3,12-15H2,1-2H3,(H2,23,24,26). The average Bonchev–Trinajstić information content (AvgIpc) is 2.69. The molecule has 26 heavy (non-hydrogen) atoms. The van der Waals surface area contributed by atoms with Gasteiger partial charge in [-0.25, -0.2) is 4.79 Å². The van der Waals surface area contributed by atoms with Gasteiger partial charge in [0.05, 0.1) is 0 Å². The van der Waals surface area contributed by atoms with Gasteiger partial charge in [0.1, 0.15) is 0 Å². The Morgan fingerprint density at radius 3 is 2.08 bits per heavy atom. The maximum atomic E-state index is 12.2. The minimum absolute atomic E-state index is 0.226. The molecule has 2 aromatic carbocycles. The van der Waals surface area contributed by atoms with Crippen molar-refractivity contribution in [2.24, 2.45) is 0 Å². The highest BCUT2D eigenvalue weighted by Crippen LogP contribution is 2.21. The van der Waals surface area contributed by atoms with Gasteiger partial charge in [-0.2, -0.15) is 0 Å². The molecule has 2 amide bonds. The van der Waals surface area contributed by atoms with Crippen LogP contribution in [-0.2, 0) is 0 Å². The Balaban J connectivity index is 1.54. The van der Waals surface area contributed by atoms with Crippen LogP contribution in [0, 0.1) is 0 Å². The molecule has 0 spiro atoms. The number of amides is 2. The van der Waals surface area contributed by atoms with Crippen molar-refractivity contribution in [2.75, 3.05) is 41.7 Å². The fraction of sp³-hybridized carbons (Fsp3) is 0.381. The van der Waals surface area contributed by atoms with Crippen LogP contribution in [0.2, 0.25) is 0 Å². The highest BCUT2D eigenvalue weighted by Gasteiger charge is 2.10. The SMILES string of the molecule is CCC(C)c1ccc(NC(=O)Nc2ccc(N3CCNCC3)cc2)cc1. The Bertz CT molecular complexity index is 706. The normalized spacial score (nSPS) is 15.4. The Morgan fingerprint density at radius 2 is 1.54 bits per heavy atom. The molecule has 0 aromatic heterocycles. The minimum Gasteiger partial charge on any atom is -0.369 e. The molecule has 0 bridgehead atoms. The summed E-state index contributed by atoms with van der Waals surface area (Å²) in [6.45, 7) is 8.44. The van der Waals surface area contributed by atoms with Crippen LogP contribution in [0.15, 0.2) is 48.5 Å². The molecule has 3 N–H and O–H groups in total. The predicted octanol–water partition coefficient (Wildman–Crippen LogP) is 4.25. The van der Waals surface area contributed by atoms with Crippen LogP contribution in [-0.4, -0.2) is 32.2 Å². The minimum atomic E-state index is -0.226. The molecule has 2 aromatic rings. The molecule has 1 aliphatic rings. The van der Waals surface area contributed by atoms with E-state index in [1.54, 1.807) is 0 Å². The number of rotatable bonds is 5. The predicted molar refractivity (Wildman–Crippen MR) is 109 cm³/mol. The van der Waals surface area contributed by atoms with Gasteiger partial charge in [0.25, 0.3) is 0 Å². The highest BCUT2D eigenvalue weighted by molar-refractivity contribution is 5.99. The molecule has 5 heteroatoms. The summed E-state index contributed by atoms with van der Waals surface area (Å²) in [5.41, 5.74) is 4.07. The maximum Gasteiger partial charge on any atom is 0.323 e. The summed E-state index contributed by atoms with van der Waals surface area (Å²) in [4.78, 5) is 14.5. The van der Waals surface area contributed by atoms with Crippen LogP contribution < -0.4 is 20.9 Å². The van der Waals surface area contributed by atoms with Gasteiger partial charge in [0.15, 0.2) is 0 Å². The zero-order chi connectivity index (χ0) is 18.4. The van der Waals surface area contributed by atoms with E-state index in [0.29, 0.717) is 5.92 Å². The number of piperazine rings is 1. The Labute approximate surface area is 155 Å². The lowest BCUT2D eigenvalue weighted by Crippen LogP contribution is -2.43. The molecule has 3 rings (SSSR count). The van der Waals surface area contributed by atoms with Crippen LogP contribution in [0.4, 0.5) is 21.9 Å². The number of urea groups is 1. The second-order valence-corrected chi connectivity index (χ2v) is 6.79. The Kier molecular flexibility index (Phi) is 6.12. The summed E-state index contributed by atoms with van der Waals surface area (Å²) in [6.07, 6.45) is 1.11. The van der Waals surface area contributed by atoms with Crippen molar-refractivity contribution in [3.05, 3.63) is 54.1 Å². The van der Waals surface area contributed by atoms with Crippen LogP contribution in [0.25, 0.3) is 0 Å². The average molecular weight is 352 g/mol. The van der Waals surface area contributed by atoms with Crippen LogP contribution in [0.5, 0.6) is 0 Å². The molecule has 1 atom stereocenters. The van der Waals surface area contributed by atoms with Crippen LogP contribution >= 0.6 is 0 Å². The van der Waals surface area contributed by atoms with E-state index in [-0.39, 0.29) is 6.03 Å². The molecule has 138 valence electrons. The number of nitrogens with one attached hydrogen (secondary N) is 3. The largest absolute Gasteiger partial charge is 0.369 e. The maximum absolute atomic E-state index is 12.2. The summed E-state index contributed by atoms with van der Waals surface area (Å²) in [5, 5.41) is 9.12. The van der Waals surface area contributed by atoms with Gasteiger partial charge < -0.3 is 20.9 Å². The van der Waals surface area contributed by atoms with Crippen molar-refractivity contribution >= 4 is 23.1 Å². The van der Waals surface area contributed by atoms with Gasteiger partial charge in [-0.05, 0) is 54.3 Å². The molecule has 1 unspecified atom stereocenters. The lowest BCUT2D eigenvalue weighted by molar-refractivity contribution is 0.262. The van der Waals surface area contributed by atoms with E-state index >= 15 is 0 Å². The lowest BCUT2D eigenvalue weighted by Gasteiger charge is -2.29. The lowest BCUT2D eigenvalue weighted by atomic mass is 9.99. The zero-order valence-electron chi connectivity index (χ0n) is 15.6. The van der Waals surface area contributed by atoms with E-state index in [2.05, 4.69) is 59.0 Å². The van der Waals surface area contributed by atoms with Crippen molar-refractivity contribution in [2.45, 2.75) is 26.2 Å². The van der Waals surface area contributed by atoms with Gasteiger partial charge in [-0.1, -0.05) is 26.0 Å². The number of benzene rings is 2. The number of hydrogen-bond donors (Lipinski definition) is 3. The number of carbonyl (C=O) groups is 1. The van der Waals surface area contributed by atoms with Crippen molar-refractivity contribution < 1.29 is 4.79 Å². The number of carbonyl (C=O) groups excluding carboxylic acids is 1. The van der Waals surface area contributed by atoms with E-state index in [9.17, 15) is 4.79 Å². The fourth-order valence-corrected chi connectivity index (χ4v) is 3.10. The van der Waals surface area contributed by atoms with Crippen molar-refractivity contribution in [3.63, 3.8) is 0 Å². The molecule has 5 nitrogen and oxygen atoms in total. The van der Waals surface area contributed by atoms with Crippen LogP contribution in [0.3, 0.4) is 0 Å². The summed E-state index contributed by atoms with van der Waals surface area (Å²) >= 11 is 0. The molecule has 0 aliphatic carbocycles. The third-order valence-electron chi connectivity index (χ3n) is 4.96. The summed E-state index contributed by atoms with van der Waals surface area (Å²) in [6, 6.07) is 15.8. The first-order valence-electron chi connectivity index (χ1n) is 9.39. The van der Waals surface area contributed by atoms with Gasteiger partial charge in [-0.15, -0.1) is 0 Å². The molecule has 1 fully saturated rings. The monoisotopic (exact) mass is 352 g/mol. The van der Waals surface area contributed by atoms with Gasteiger partial charge in [0, 0.05) is 43.2 Å². The summed E-state index contributed by atoms with van der Waals surface area (Å²) in [5.74, 6) is 0.534. The summed E-state index contributed by atoms with van der Waals surface area (Å²) < 4.78 is 0. The van der Waals surface area contributed by atoms with Gasteiger partial charge in [0.2, 0.25) is 0 Å². The molecule has 0 radical (unpaired) electrons. The quantitative estimate of drug-likeness (QED) is 0.754.